The minimum Gasteiger partial charge on any atom is -0.493 e. The number of nitrogens with one attached hydrogen (secondary N) is 1. The summed E-state index contributed by atoms with van der Waals surface area (Å²) in [7, 11) is 1.38. The lowest BCUT2D eigenvalue weighted by atomic mass is 10.0. The quantitative estimate of drug-likeness (QED) is 0.727. The highest BCUT2D eigenvalue weighted by Gasteiger charge is 2.33. The van der Waals surface area contributed by atoms with Crippen LogP contribution >= 0.6 is 0 Å². The Bertz CT molecular complexity index is 974. The summed E-state index contributed by atoms with van der Waals surface area (Å²) in [5, 5.41) is 2.55. The molecule has 8 heteroatoms. The third-order valence-corrected chi connectivity index (χ3v) is 5.04. The second-order valence-electron chi connectivity index (χ2n) is 7.15. The highest BCUT2D eigenvalue weighted by Crippen LogP contribution is 2.35. The summed E-state index contributed by atoms with van der Waals surface area (Å²) in [6.07, 6.45) is 1.69. The molecule has 1 heterocycles. The van der Waals surface area contributed by atoms with Crippen molar-refractivity contribution >= 4 is 17.8 Å². The average molecular weight is 412 g/mol. The van der Waals surface area contributed by atoms with E-state index in [4.69, 9.17) is 14.2 Å². The molecule has 3 rings (SSSR count). The Hall–Kier alpha value is -3.42. The van der Waals surface area contributed by atoms with E-state index in [1.165, 1.54) is 38.8 Å². The largest absolute Gasteiger partial charge is 0.493 e. The SMILES string of the molecule is COc1ccnc(C(=O)N[C@@H](C)C(=O)O[C@@H]2Cc3ccccc3[C@H]2C)c1OC(C)=O. The molecule has 30 heavy (non-hydrogen) atoms. The Morgan fingerprint density at radius 2 is 1.93 bits per heavy atom. The number of benzene rings is 1. The smallest absolute Gasteiger partial charge is 0.328 e. The number of amides is 1. The van der Waals surface area contributed by atoms with E-state index in [0.29, 0.717) is 6.42 Å². The molecule has 0 spiro atoms. The van der Waals surface area contributed by atoms with Crippen molar-refractivity contribution in [3.63, 3.8) is 0 Å². The molecular formula is C22H24N2O6. The first-order valence-electron chi connectivity index (χ1n) is 9.62. The van der Waals surface area contributed by atoms with Crippen molar-refractivity contribution in [1.29, 1.82) is 0 Å². The van der Waals surface area contributed by atoms with Gasteiger partial charge in [-0.05, 0) is 18.1 Å². The van der Waals surface area contributed by atoms with Crippen molar-refractivity contribution in [2.24, 2.45) is 0 Å². The van der Waals surface area contributed by atoms with Crippen molar-refractivity contribution < 1.29 is 28.6 Å². The van der Waals surface area contributed by atoms with E-state index in [1.54, 1.807) is 0 Å². The third-order valence-electron chi connectivity index (χ3n) is 5.04. The summed E-state index contributed by atoms with van der Waals surface area (Å²) in [5.41, 5.74) is 2.16. The van der Waals surface area contributed by atoms with Crippen LogP contribution in [0.5, 0.6) is 11.5 Å². The Morgan fingerprint density at radius 1 is 1.20 bits per heavy atom. The average Bonchev–Trinajstić information content (AvgIpc) is 3.03. The molecule has 0 unspecified atom stereocenters. The molecule has 1 amide bonds. The van der Waals surface area contributed by atoms with Crippen molar-refractivity contribution in [3.8, 4) is 11.5 Å². The molecule has 0 saturated heterocycles. The molecule has 1 N–H and O–H groups in total. The zero-order valence-electron chi connectivity index (χ0n) is 17.3. The van der Waals surface area contributed by atoms with Crippen molar-refractivity contribution in [3.05, 3.63) is 53.3 Å². The van der Waals surface area contributed by atoms with Crippen molar-refractivity contribution in [2.45, 2.75) is 45.3 Å². The van der Waals surface area contributed by atoms with Gasteiger partial charge in [0.05, 0.1) is 7.11 Å². The fourth-order valence-electron chi connectivity index (χ4n) is 3.47. The van der Waals surface area contributed by atoms with Crippen LogP contribution in [-0.2, 0) is 20.7 Å². The van der Waals surface area contributed by atoms with Crippen LogP contribution in [-0.4, -0.2) is 42.1 Å². The fraction of sp³-hybridized carbons (Fsp3) is 0.364. The standard InChI is InChI=1S/C22H24N2O6/c1-12-16-8-6-5-7-15(16)11-18(12)30-22(27)13(2)24-21(26)19-20(29-14(3)25)17(28-4)9-10-23-19/h5-10,12-13,18H,11H2,1-4H3,(H,24,26)/t12-,13+,18-/m1/s1. The molecule has 3 atom stereocenters. The molecule has 1 aromatic heterocycles. The van der Waals surface area contributed by atoms with Crippen LogP contribution in [0, 0.1) is 0 Å². The van der Waals surface area contributed by atoms with Gasteiger partial charge in [-0.3, -0.25) is 9.59 Å². The highest BCUT2D eigenvalue weighted by atomic mass is 16.6. The molecule has 0 bridgehead atoms. The number of esters is 2. The number of ether oxygens (including phenoxy) is 3. The van der Waals surface area contributed by atoms with Crippen LogP contribution < -0.4 is 14.8 Å². The predicted molar refractivity (Wildman–Crippen MR) is 107 cm³/mol. The van der Waals surface area contributed by atoms with Gasteiger partial charge in [-0.1, -0.05) is 31.2 Å². The minimum absolute atomic E-state index is 0.0728. The lowest BCUT2D eigenvalue weighted by Crippen LogP contribution is -2.41. The molecule has 1 aliphatic carbocycles. The maximum atomic E-state index is 12.7. The molecule has 0 radical (unpaired) electrons. The van der Waals surface area contributed by atoms with Gasteiger partial charge in [-0.15, -0.1) is 0 Å². The summed E-state index contributed by atoms with van der Waals surface area (Å²) in [6.45, 7) is 4.74. The second-order valence-corrected chi connectivity index (χ2v) is 7.15. The predicted octanol–water partition coefficient (Wildman–Crippen LogP) is 2.41. The zero-order chi connectivity index (χ0) is 21.8. The van der Waals surface area contributed by atoms with Gasteiger partial charge in [0.25, 0.3) is 5.91 Å². The van der Waals surface area contributed by atoms with E-state index in [1.807, 2.05) is 31.2 Å². The van der Waals surface area contributed by atoms with Gasteiger partial charge in [-0.25, -0.2) is 9.78 Å². The number of fused-ring (bicyclic) bond motifs is 1. The van der Waals surface area contributed by atoms with Gasteiger partial charge in [0, 0.05) is 31.5 Å². The fourth-order valence-corrected chi connectivity index (χ4v) is 3.47. The number of hydrogen-bond donors (Lipinski definition) is 1. The van der Waals surface area contributed by atoms with Gasteiger partial charge in [-0.2, -0.15) is 0 Å². The number of hydrogen-bond acceptors (Lipinski definition) is 7. The first-order valence-corrected chi connectivity index (χ1v) is 9.62. The summed E-state index contributed by atoms with van der Waals surface area (Å²) < 4.78 is 15.9. The van der Waals surface area contributed by atoms with Crippen LogP contribution in [0.25, 0.3) is 0 Å². The van der Waals surface area contributed by atoms with E-state index in [2.05, 4.69) is 10.3 Å². The van der Waals surface area contributed by atoms with Gasteiger partial charge in [0.2, 0.25) is 5.75 Å². The van der Waals surface area contributed by atoms with Crippen LogP contribution in [0.1, 0.15) is 48.3 Å². The summed E-state index contributed by atoms with van der Waals surface area (Å²) in [4.78, 5) is 40.6. The molecule has 2 aromatic rings. The third kappa shape index (κ3) is 4.42. The number of carbonyl (C=O) groups excluding carboxylic acids is 3. The van der Waals surface area contributed by atoms with Gasteiger partial charge < -0.3 is 19.5 Å². The second kappa shape index (κ2) is 8.94. The lowest BCUT2D eigenvalue weighted by Gasteiger charge is -2.20. The number of rotatable bonds is 6. The van der Waals surface area contributed by atoms with E-state index in [9.17, 15) is 14.4 Å². The summed E-state index contributed by atoms with van der Waals surface area (Å²) in [6, 6.07) is 8.52. The van der Waals surface area contributed by atoms with E-state index >= 15 is 0 Å². The topological polar surface area (TPSA) is 104 Å². The van der Waals surface area contributed by atoms with E-state index in [0.717, 1.165) is 5.56 Å². The number of pyridine rings is 1. The molecule has 0 aliphatic heterocycles. The van der Waals surface area contributed by atoms with E-state index in [-0.39, 0.29) is 29.2 Å². The summed E-state index contributed by atoms with van der Waals surface area (Å²) in [5.74, 6) is -1.72. The molecule has 0 saturated carbocycles. The first kappa shape index (κ1) is 21.3. The lowest BCUT2D eigenvalue weighted by molar-refractivity contribution is -0.151. The Labute approximate surface area is 174 Å². The van der Waals surface area contributed by atoms with Crippen molar-refractivity contribution in [2.75, 3.05) is 7.11 Å². The molecule has 158 valence electrons. The Balaban J connectivity index is 1.68. The van der Waals surface area contributed by atoms with E-state index < -0.39 is 23.9 Å². The van der Waals surface area contributed by atoms with Gasteiger partial charge in [0.15, 0.2) is 11.4 Å². The normalized spacial score (nSPS) is 18.1. The number of methoxy groups -OCH3 is 1. The first-order chi connectivity index (χ1) is 14.3. The van der Waals surface area contributed by atoms with Crippen LogP contribution in [0.4, 0.5) is 0 Å². The molecule has 1 aromatic carbocycles. The van der Waals surface area contributed by atoms with Crippen LogP contribution in [0.3, 0.4) is 0 Å². The minimum atomic E-state index is -0.924. The molecule has 1 aliphatic rings. The molecule has 0 fully saturated rings. The Kier molecular flexibility index (Phi) is 6.34. The van der Waals surface area contributed by atoms with Crippen LogP contribution in [0.2, 0.25) is 0 Å². The monoisotopic (exact) mass is 412 g/mol. The number of carbonyl (C=O) groups is 3. The van der Waals surface area contributed by atoms with Crippen molar-refractivity contribution in [1.82, 2.24) is 10.3 Å². The Morgan fingerprint density at radius 3 is 2.60 bits per heavy atom. The molecular weight excluding hydrogens is 388 g/mol. The van der Waals surface area contributed by atoms with Crippen LogP contribution in [0.15, 0.2) is 36.5 Å². The highest BCUT2D eigenvalue weighted by molar-refractivity contribution is 5.98. The van der Waals surface area contributed by atoms with Gasteiger partial charge in [0.1, 0.15) is 12.1 Å². The number of aromatic nitrogens is 1. The maximum Gasteiger partial charge on any atom is 0.328 e. The summed E-state index contributed by atoms with van der Waals surface area (Å²) >= 11 is 0. The molecule has 8 nitrogen and oxygen atoms in total. The number of nitrogens with zero attached hydrogens (tertiary/aromatic N) is 1. The maximum absolute atomic E-state index is 12.7. The zero-order valence-corrected chi connectivity index (χ0v) is 17.3. The van der Waals surface area contributed by atoms with Gasteiger partial charge >= 0.3 is 11.9 Å².